The molecular weight excluding hydrogens is 216 g/mol. The molecule has 2 N–H and O–H groups in total. The summed E-state index contributed by atoms with van der Waals surface area (Å²) in [5.74, 6) is 2.01. The van der Waals surface area contributed by atoms with Gasteiger partial charge in [-0.15, -0.1) is 0 Å². The van der Waals surface area contributed by atoms with Crippen molar-refractivity contribution in [3.63, 3.8) is 0 Å². The Hall–Kier alpha value is -0.940. The van der Waals surface area contributed by atoms with Crippen molar-refractivity contribution in [3.05, 3.63) is 11.7 Å². The summed E-state index contributed by atoms with van der Waals surface area (Å²) in [5, 5.41) is 4.08. The summed E-state index contributed by atoms with van der Waals surface area (Å²) in [6.45, 7) is 7.56. The monoisotopic (exact) mass is 238 g/mol. The van der Waals surface area contributed by atoms with Crippen molar-refractivity contribution in [1.29, 1.82) is 0 Å². The van der Waals surface area contributed by atoms with E-state index in [-0.39, 0.29) is 6.04 Å². The third kappa shape index (κ3) is 3.26. The maximum Gasteiger partial charge on any atom is 0.228 e. The summed E-state index contributed by atoms with van der Waals surface area (Å²) in [6.07, 6.45) is 2.93. The van der Waals surface area contributed by atoms with Crippen molar-refractivity contribution in [2.75, 3.05) is 19.6 Å². The zero-order valence-corrected chi connectivity index (χ0v) is 10.7. The van der Waals surface area contributed by atoms with E-state index >= 15 is 0 Å². The van der Waals surface area contributed by atoms with Crippen LogP contribution in [0.2, 0.25) is 0 Å². The van der Waals surface area contributed by atoms with Crippen molar-refractivity contribution in [1.82, 2.24) is 15.0 Å². The third-order valence-electron chi connectivity index (χ3n) is 3.38. The Labute approximate surface area is 102 Å². The molecule has 1 aromatic heterocycles. The first-order chi connectivity index (χ1) is 8.19. The van der Waals surface area contributed by atoms with Crippen LogP contribution in [0, 0.1) is 0 Å². The minimum absolute atomic E-state index is 0.0743. The molecule has 0 saturated carbocycles. The molecule has 1 saturated heterocycles. The fraction of sp³-hybridized carbons (Fsp3) is 0.833. The minimum Gasteiger partial charge on any atom is -0.339 e. The van der Waals surface area contributed by atoms with Gasteiger partial charge in [-0.2, -0.15) is 4.98 Å². The van der Waals surface area contributed by atoms with Gasteiger partial charge in [0.25, 0.3) is 0 Å². The van der Waals surface area contributed by atoms with Gasteiger partial charge in [0.15, 0.2) is 5.82 Å². The van der Waals surface area contributed by atoms with E-state index in [9.17, 15) is 0 Å². The molecule has 1 unspecified atom stereocenters. The van der Waals surface area contributed by atoms with Gasteiger partial charge in [0.2, 0.25) is 5.89 Å². The van der Waals surface area contributed by atoms with Crippen LogP contribution in [-0.2, 0) is 6.42 Å². The molecule has 5 nitrogen and oxygen atoms in total. The van der Waals surface area contributed by atoms with Gasteiger partial charge in [-0.05, 0) is 39.4 Å². The second-order valence-electron chi connectivity index (χ2n) is 4.94. The number of hydrogen-bond acceptors (Lipinski definition) is 5. The van der Waals surface area contributed by atoms with E-state index in [2.05, 4.69) is 22.0 Å². The molecule has 0 bridgehead atoms. The van der Waals surface area contributed by atoms with Crippen LogP contribution in [0.5, 0.6) is 0 Å². The van der Waals surface area contributed by atoms with E-state index in [0.717, 1.165) is 38.3 Å². The van der Waals surface area contributed by atoms with E-state index in [1.807, 2.05) is 6.92 Å². The average Bonchev–Trinajstić information content (AvgIpc) is 2.77. The van der Waals surface area contributed by atoms with E-state index in [0.29, 0.717) is 18.2 Å². The quantitative estimate of drug-likeness (QED) is 0.852. The molecule has 1 fully saturated rings. The summed E-state index contributed by atoms with van der Waals surface area (Å²) in [7, 11) is 0. The van der Waals surface area contributed by atoms with Crippen LogP contribution < -0.4 is 5.73 Å². The van der Waals surface area contributed by atoms with Crippen LogP contribution in [-0.4, -0.2) is 40.7 Å². The van der Waals surface area contributed by atoms with Gasteiger partial charge in [0.05, 0.1) is 0 Å². The van der Waals surface area contributed by atoms with Gasteiger partial charge in [-0.3, -0.25) is 0 Å². The number of nitrogens with two attached hydrogens (primary N) is 1. The van der Waals surface area contributed by atoms with Crippen LogP contribution in [0.3, 0.4) is 0 Å². The third-order valence-corrected chi connectivity index (χ3v) is 3.38. The van der Waals surface area contributed by atoms with E-state index in [1.165, 1.54) is 0 Å². The van der Waals surface area contributed by atoms with Crippen LogP contribution >= 0.6 is 0 Å². The Morgan fingerprint density at radius 1 is 1.47 bits per heavy atom. The van der Waals surface area contributed by atoms with Crippen LogP contribution in [0.1, 0.15) is 44.3 Å². The summed E-state index contributed by atoms with van der Waals surface area (Å²) in [6, 6.07) is 0.0743. The first kappa shape index (κ1) is 12.5. The molecule has 1 aromatic rings. The van der Waals surface area contributed by atoms with Crippen molar-refractivity contribution in [3.8, 4) is 0 Å². The first-order valence-electron chi connectivity index (χ1n) is 6.49. The smallest absolute Gasteiger partial charge is 0.228 e. The molecule has 2 heterocycles. The summed E-state index contributed by atoms with van der Waals surface area (Å²) >= 11 is 0. The molecule has 0 amide bonds. The van der Waals surface area contributed by atoms with E-state index in [1.54, 1.807) is 0 Å². The molecular formula is C12H22N4O. The Morgan fingerprint density at radius 3 is 2.76 bits per heavy atom. The highest BCUT2D eigenvalue weighted by atomic mass is 16.5. The molecule has 1 atom stereocenters. The number of likely N-dealkylation sites (tertiary alicyclic amines) is 1. The van der Waals surface area contributed by atoms with Crippen molar-refractivity contribution >= 4 is 0 Å². The van der Waals surface area contributed by atoms with Crippen LogP contribution in [0.15, 0.2) is 4.52 Å². The number of hydrogen-bond donors (Lipinski definition) is 1. The summed E-state index contributed by atoms with van der Waals surface area (Å²) in [4.78, 5) is 6.91. The second-order valence-corrected chi connectivity index (χ2v) is 4.94. The van der Waals surface area contributed by atoms with Gasteiger partial charge in [0.1, 0.15) is 0 Å². The number of piperidine rings is 1. The second kappa shape index (κ2) is 5.60. The Balaban J connectivity index is 1.92. The lowest BCUT2D eigenvalue weighted by Crippen LogP contribution is -2.32. The molecule has 0 radical (unpaired) electrons. The SMILES string of the molecule is CCN1CCC(c2noc(CC(C)N)n2)CC1. The molecule has 17 heavy (non-hydrogen) atoms. The highest BCUT2D eigenvalue weighted by Gasteiger charge is 2.23. The van der Waals surface area contributed by atoms with Crippen molar-refractivity contribution in [2.24, 2.45) is 5.73 Å². The normalized spacial score (nSPS) is 20.6. The predicted octanol–water partition coefficient (Wildman–Crippen LogP) is 1.16. The minimum atomic E-state index is 0.0743. The van der Waals surface area contributed by atoms with Gasteiger partial charge in [0, 0.05) is 18.4 Å². The van der Waals surface area contributed by atoms with E-state index in [4.69, 9.17) is 10.3 Å². The average molecular weight is 238 g/mol. The molecule has 0 aromatic carbocycles. The fourth-order valence-electron chi connectivity index (χ4n) is 2.30. The molecule has 1 aliphatic rings. The highest BCUT2D eigenvalue weighted by Crippen LogP contribution is 2.25. The zero-order chi connectivity index (χ0) is 12.3. The molecule has 5 heteroatoms. The standard InChI is InChI=1S/C12H22N4O/c1-3-16-6-4-10(5-7-16)12-14-11(17-15-12)8-9(2)13/h9-10H,3-8,13H2,1-2H3. The lowest BCUT2D eigenvalue weighted by Gasteiger charge is -2.29. The molecule has 1 aliphatic heterocycles. The van der Waals surface area contributed by atoms with Crippen molar-refractivity contribution < 1.29 is 4.52 Å². The van der Waals surface area contributed by atoms with Gasteiger partial charge >= 0.3 is 0 Å². The predicted molar refractivity (Wildman–Crippen MR) is 65.7 cm³/mol. The Kier molecular flexibility index (Phi) is 4.12. The van der Waals surface area contributed by atoms with Gasteiger partial charge in [-0.25, -0.2) is 0 Å². The summed E-state index contributed by atoms with van der Waals surface area (Å²) in [5.41, 5.74) is 5.71. The molecule has 2 rings (SSSR count). The van der Waals surface area contributed by atoms with Gasteiger partial charge in [-0.1, -0.05) is 12.1 Å². The lowest BCUT2D eigenvalue weighted by atomic mass is 9.96. The topological polar surface area (TPSA) is 68.2 Å². The van der Waals surface area contributed by atoms with Crippen molar-refractivity contribution in [2.45, 2.75) is 45.1 Å². The number of nitrogens with zero attached hydrogens (tertiary/aromatic N) is 3. The van der Waals surface area contributed by atoms with E-state index < -0.39 is 0 Å². The number of aromatic nitrogens is 2. The maximum atomic E-state index is 5.71. The fourth-order valence-corrected chi connectivity index (χ4v) is 2.30. The Morgan fingerprint density at radius 2 is 2.18 bits per heavy atom. The Bertz CT molecular complexity index is 342. The molecule has 0 spiro atoms. The largest absolute Gasteiger partial charge is 0.339 e. The maximum absolute atomic E-state index is 5.71. The highest BCUT2D eigenvalue weighted by molar-refractivity contribution is 4.98. The number of rotatable bonds is 4. The first-order valence-corrected chi connectivity index (χ1v) is 6.49. The van der Waals surface area contributed by atoms with Crippen LogP contribution in [0.25, 0.3) is 0 Å². The summed E-state index contributed by atoms with van der Waals surface area (Å²) < 4.78 is 5.23. The van der Waals surface area contributed by atoms with Gasteiger partial charge < -0.3 is 15.2 Å². The molecule has 96 valence electrons. The molecule has 0 aliphatic carbocycles. The zero-order valence-electron chi connectivity index (χ0n) is 10.7. The lowest BCUT2D eigenvalue weighted by molar-refractivity contribution is 0.217. The van der Waals surface area contributed by atoms with Crippen LogP contribution in [0.4, 0.5) is 0 Å².